The highest BCUT2D eigenvalue weighted by molar-refractivity contribution is 7.90. The number of carbonyl (C=O) groups is 2. The van der Waals surface area contributed by atoms with Crippen LogP contribution in [0.25, 0.3) is 10.8 Å². The van der Waals surface area contributed by atoms with Crippen LogP contribution in [0.2, 0.25) is 0 Å². The Kier molecular flexibility index (Phi) is 5.47. The first-order valence-corrected chi connectivity index (χ1v) is 10.8. The van der Waals surface area contributed by atoms with Crippen molar-refractivity contribution in [1.82, 2.24) is 0 Å². The molecule has 0 radical (unpaired) electrons. The third-order valence-corrected chi connectivity index (χ3v) is 5.79. The van der Waals surface area contributed by atoms with Crippen molar-refractivity contribution in [2.45, 2.75) is 24.2 Å². The minimum atomic E-state index is -3.45. The predicted octanol–water partition coefficient (Wildman–Crippen LogP) is 4.21. The molecule has 30 heavy (non-hydrogen) atoms. The molecule has 0 aliphatic rings. The summed E-state index contributed by atoms with van der Waals surface area (Å²) in [5, 5.41) is 9.82. The molecule has 5 nitrogen and oxygen atoms in total. The Labute approximate surface area is 171 Å². The maximum absolute atomic E-state index is 13.8. The number of fused-ring (bicyclic) bond motifs is 1. The van der Waals surface area contributed by atoms with Crippen LogP contribution < -0.4 is 0 Å². The lowest BCUT2D eigenvalue weighted by Gasteiger charge is -2.14. The number of hydrogen-bond acceptors (Lipinski definition) is 4. The summed E-state index contributed by atoms with van der Waals surface area (Å²) in [7, 11) is -3.45. The van der Waals surface area contributed by atoms with Gasteiger partial charge >= 0.3 is 5.97 Å². The molecule has 3 aromatic carbocycles. The van der Waals surface area contributed by atoms with Crippen LogP contribution >= 0.6 is 0 Å². The first-order valence-electron chi connectivity index (χ1n) is 8.88. The van der Waals surface area contributed by atoms with Gasteiger partial charge in [0.1, 0.15) is 0 Å². The summed E-state index contributed by atoms with van der Waals surface area (Å²) in [6.45, 7) is 0.748. The van der Waals surface area contributed by atoms with Crippen molar-refractivity contribution < 1.29 is 31.9 Å². The van der Waals surface area contributed by atoms with E-state index in [1.807, 2.05) is 0 Å². The maximum atomic E-state index is 13.8. The lowest BCUT2D eigenvalue weighted by Crippen LogP contribution is -2.09. The Balaban J connectivity index is 2.20. The van der Waals surface area contributed by atoms with Crippen LogP contribution in [0.5, 0.6) is 0 Å². The number of rotatable bonds is 6. The molecule has 0 fully saturated rings. The van der Waals surface area contributed by atoms with E-state index >= 15 is 0 Å². The standard InChI is InChI=1S/C22H18F2O5S/c1-22(23,24)16-6-3-15-9-13(11-20(25)26)10-19(18(15)12-16)21(27)14-4-7-17(8-5-14)30(2,28)29/h3-10,12H,11H2,1-2H3,(H,25,26). The van der Waals surface area contributed by atoms with Crippen molar-refractivity contribution in [3.05, 3.63) is 76.9 Å². The molecule has 1 N–H and O–H groups in total. The fourth-order valence-electron chi connectivity index (χ4n) is 3.17. The van der Waals surface area contributed by atoms with Crippen LogP contribution in [0.3, 0.4) is 0 Å². The molecular formula is C22H18F2O5S. The number of carbonyl (C=O) groups excluding carboxylic acids is 1. The Morgan fingerprint density at radius 2 is 1.63 bits per heavy atom. The molecule has 0 aliphatic heterocycles. The number of ketones is 1. The molecule has 8 heteroatoms. The zero-order valence-corrected chi connectivity index (χ0v) is 17.0. The number of benzene rings is 3. The van der Waals surface area contributed by atoms with Crippen LogP contribution in [-0.2, 0) is 27.0 Å². The average Bonchev–Trinajstić information content (AvgIpc) is 2.64. The fourth-order valence-corrected chi connectivity index (χ4v) is 3.80. The molecule has 156 valence electrons. The van der Waals surface area contributed by atoms with Crippen molar-refractivity contribution in [3.63, 3.8) is 0 Å². The van der Waals surface area contributed by atoms with Gasteiger partial charge in [-0.15, -0.1) is 0 Å². The van der Waals surface area contributed by atoms with Gasteiger partial charge in [0.15, 0.2) is 15.6 Å². The van der Waals surface area contributed by atoms with Crippen LogP contribution in [0.4, 0.5) is 8.78 Å². The Morgan fingerprint density at radius 3 is 2.17 bits per heavy atom. The van der Waals surface area contributed by atoms with E-state index in [0.717, 1.165) is 13.2 Å². The minimum absolute atomic E-state index is 0.0384. The normalized spacial score (nSPS) is 12.1. The zero-order valence-electron chi connectivity index (χ0n) is 16.1. The first kappa shape index (κ1) is 21.6. The van der Waals surface area contributed by atoms with Gasteiger partial charge in [0.25, 0.3) is 5.92 Å². The van der Waals surface area contributed by atoms with Gasteiger partial charge in [-0.1, -0.05) is 18.2 Å². The molecular weight excluding hydrogens is 414 g/mol. The Morgan fingerprint density at radius 1 is 1.00 bits per heavy atom. The number of carboxylic acid groups (broad SMARTS) is 1. The largest absolute Gasteiger partial charge is 0.481 e. The van der Waals surface area contributed by atoms with Crippen LogP contribution in [-0.4, -0.2) is 31.5 Å². The summed E-state index contributed by atoms with van der Waals surface area (Å²) in [6, 6.07) is 12.1. The van der Waals surface area contributed by atoms with Gasteiger partial charge in [0.2, 0.25) is 0 Å². The van der Waals surface area contributed by atoms with Gasteiger partial charge in [-0.3, -0.25) is 9.59 Å². The fraction of sp³-hybridized carbons (Fsp3) is 0.182. The van der Waals surface area contributed by atoms with Crippen LogP contribution in [0.15, 0.2) is 59.5 Å². The van der Waals surface area contributed by atoms with E-state index < -0.39 is 27.5 Å². The van der Waals surface area contributed by atoms with E-state index in [0.29, 0.717) is 10.9 Å². The Bertz CT molecular complexity index is 1260. The maximum Gasteiger partial charge on any atom is 0.307 e. The summed E-state index contributed by atoms with van der Waals surface area (Å²) in [6.07, 6.45) is 0.702. The van der Waals surface area contributed by atoms with Gasteiger partial charge in [0, 0.05) is 29.9 Å². The summed E-state index contributed by atoms with van der Waals surface area (Å²) in [5.41, 5.74) is 0.302. The molecule has 0 heterocycles. The van der Waals surface area contributed by atoms with Crippen molar-refractivity contribution in [2.24, 2.45) is 0 Å². The number of hydrogen-bond donors (Lipinski definition) is 1. The van der Waals surface area contributed by atoms with E-state index in [4.69, 9.17) is 5.11 Å². The highest BCUT2D eigenvalue weighted by Crippen LogP contribution is 2.32. The molecule has 0 spiro atoms. The van der Waals surface area contributed by atoms with Crippen LogP contribution in [0.1, 0.15) is 34.0 Å². The van der Waals surface area contributed by atoms with E-state index in [-0.39, 0.29) is 33.4 Å². The highest BCUT2D eigenvalue weighted by atomic mass is 32.2. The third-order valence-electron chi connectivity index (χ3n) is 4.67. The molecule has 0 saturated heterocycles. The molecule has 0 atom stereocenters. The van der Waals surface area contributed by atoms with Crippen LogP contribution in [0, 0.1) is 0 Å². The van der Waals surface area contributed by atoms with Gasteiger partial charge in [-0.2, -0.15) is 0 Å². The average molecular weight is 432 g/mol. The lowest BCUT2D eigenvalue weighted by atomic mass is 9.92. The molecule has 0 bridgehead atoms. The van der Waals surface area contributed by atoms with Crippen molar-refractivity contribution in [2.75, 3.05) is 6.26 Å². The molecule has 0 unspecified atom stereocenters. The highest BCUT2D eigenvalue weighted by Gasteiger charge is 2.25. The van der Waals surface area contributed by atoms with Gasteiger partial charge in [-0.05, 0) is 52.7 Å². The van der Waals surface area contributed by atoms with E-state index in [1.165, 1.54) is 48.5 Å². The second kappa shape index (κ2) is 7.60. The van der Waals surface area contributed by atoms with Gasteiger partial charge in [-0.25, -0.2) is 17.2 Å². The third kappa shape index (κ3) is 4.54. The van der Waals surface area contributed by atoms with Crippen molar-refractivity contribution in [3.8, 4) is 0 Å². The molecule has 3 aromatic rings. The topological polar surface area (TPSA) is 88.5 Å². The minimum Gasteiger partial charge on any atom is -0.481 e. The molecule has 0 aliphatic carbocycles. The number of carboxylic acids is 1. The van der Waals surface area contributed by atoms with Crippen molar-refractivity contribution >= 4 is 32.4 Å². The first-order chi connectivity index (χ1) is 13.9. The van der Waals surface area contributed by atoms with E-state index in [2.05, 4.69) is 0 Å². The number of alkyl halides is 2. The number of halogens is 2. The lowest BCUT2D eigenvalue weighted by molar-refractivity contribution is -0.136. The number of sulfone groups is 1. The zero-order chi connectivity index (χ0) is 22.3. The summed E-state index contributed by atoms with van der Waals surface area (Å²) in [4.78, 5) is 24.3. The van der Waals surface area contributed by atoms with Crippen molar-refractivity contribution in [1.29, 1.82) is 0 Å². The van der Waals surface area contributed by atoms with E-state index in [1.54, 1.807) is 6.07 Å². The SMILES string of the molecule is CC(F)(F)c1ccc2cc(CC(=O)O)cc(C(=O)c3ccc(S(C)(=O)=O)cc3)c2c1. The molecule has 3 rings (SSSR count). The quantitative estimate of drug-likeness (QED) is 0.590. The smallest absolute Gasteiger partial charge is 0.307 e. The second-order valence-electron chi connectivity index (χ2n) is 7.16. The van der Waals surface area contributed by atoms with Gasteiger partial charge < -0.3 is 5.11 Å². The van der Waals surface area contributed by atoms with E-state index in [9.17, 15) is 26.8 Å². The second-order valence-corrected chi connectivity index (χ2v) is 9.18. The monoisotopic (exact) mass is 432 g/mol. The molecule has 0 aromatic heterocycles. The number of aliphatic carboxylic acids is 1. The summed E-state index contributed by atoms with van der Waals surface area (Å²) >= 11 is 0. The molecule has 0 amide bonds. The summed E-state index contributed by atoms with van der Waals surface area (Å²) in [5.74, 6) is -4.74. The van der Waals surface area contributed by atoms with Gasteiger partial charge in [0.05, 0.1) is 11.3 Å². The molecule has 0 saturated carbocycles. The predicted molar refractivity (Wildman–Crippen MR) is 108 cm³/mol. The Hall–Kier alpha value is -3.13. The summed E-state index contributed by atoms with van der Waals surface area (Å²) < 4.78 is 50.9.